The molecule has 0 unspecified atom stereocenters. The highest BCUT2D eigenvalue weighted by Crippen LogP contribution is 2.36. The molecule has 0 radical (unpaired) electrons. The summed E-state index contributed by atoms with van der Waals surface area (Å²) in [7, 11) is 0. The third-order valence-electron chi connectivity index (χ3n) is 7.16. The Morgan fingerprint density at radius 2 is 1.88 bits per heavy atom. The number of anilines is 1. The molecule has 2 aromatic carbocycles. The van der Waals surface area contributed by atoms with Crippen molar-refractivity contribution in [2.24, 2.45) is 4.99 Å². The first-order valence-corrected chi connectivity index (χ1v) is 15.5. The summed E-state index contributed by atoms with van der Waals surface area (Å²) in [5.74, 6) is 0.822. The zero-order valence-electron chi connectivity index (χ0n) is 22.3. The fourth-order valence-corrected chi connectivity index (χ4v) is 6.95. The van der Waals surface area contributed by atoms with Gasteiger partial charge in [0.25, 0.3) is 5.56 Å². The molecule has 0 saturated carbocycles. The van der Waals surface area contributed by atoms with Crippen molar-refractivity contribution in [3.05, 3.63) is 112 Å². The first-order valence-electron chi connectivity index (χ1n) is 13.5. The van der Waals surface area contributed by atoms with Crippen LogP contribution in [0.3, 0.4) is 0 Å². The number of hydrogen-bond acceptors (Lipinski definition) is 7. The highest BCUT2D eigenvalue weighted by atomic mass is 79.9. The third-order valence-corrected chi connectivity index (χ3v) is 8.97. The van der Waals surface area contributed by atoms with E-state index in [1.165, 1.54) is 17.8 Å². The lowest BCUT2D eigenvalue weighted by Gasteiger charge is -2.26. The van der Waals surface area contributed by atoms with Gasteiger partial charge in [0.15, 0.2) is 4.80 Å². The van der Waals surface area contributed by atoms with Crippen molar-refractivity contribution in [3.8, 4) is 0 Å². The summed E-state index contributed by atoms with van der Waals surface area (Å²) in [5, 5.41) is 0.555. The topological polar surface area (TPSA) is 77.0 Å². The summed E-state index contributed by atoms with van der Waals surface area (Å²) in [6, 6.07) is 17.8. The second kappa shape index (κ2) is 11.8. The van der Waals surface area contributed by atoms with Crippen LogP contribution >= 0.6 is 38.9 Å². The monoisotopic (exact) mass is 651 g/mol. The Kier molecular flexibility index (Phi) is 8.01. The van der Waals surface area contributed by atoms with Crippen LogP contribution in [0.25, 0.3) is 11.8 Å². The zero-order valence-corrected chi connectivity index (χ0v) is 25.5. The maximum absolute atomic E-state index is 14.0. The number of fused-ring (bicyclic) bond motifs is 1. The van der Waals surface area contributed by atoms with Gasteiger partial charge in [0.1, 0.15) is 5.76 Å². The number of furan rings is 1. The first kappa shape index (κ1) is 27.8. The lowest BCUT2D eigenvalue weighted by molar-refractivity contribution is -0.138. The van der Waals surface area contributed by atoms with Gasteiger partial charge >= 0.3 is 5.97 Å². The van der Waals surface area contributed by atoms with Crippen LogP contribution in [-0.4, -0.2) is 30.2 Å². The molecule has 0 amide bonds. The Bertz CT molecular complexity index is 1800. The minimum atomic E-state index is -0.757. The lowest BCUT2D eigenvalue weighted by Crippen LogP contribution is -2.40. The fourth-order valence-electron chi connectivity index (χ4n) is 5.29. The highest BCUT2D eigenvalue weighted by molar-refractivity contribution is 9.10. The van der Waals surface area contributed by atoms with Crippen LogP contribution in [0, 0.1) is 0 Å². The van der Waals surface area contributed by atoms with Crippen molar-refractivity contribution in [2.75, 3.05) is 24.6 Å². The number of carbonyl (C=O) groups is 1. The number of ether oxygens (including phenoxy) is 1. The Morgan fingerprint density at radius 3 is 2.59 bits per heavy atom. The molecule has 10 heteroatoms. The van der Waals surface area contributed by atoms with E-state index in [1.807, 2.05) is 48.5 Å². The van der Waals surface area contributed by atoms with Crippen LogP contribution in [0.4, 0.5) is 5.88 Å². The van der Waals surface area contributed by atoms with Crippen LogP contribution in [0.2, 0.25) is 5.02 Å². The van der Waals surface area contributed by atoms with Gasteiger partial charge in [0.2, 0.25) is 5.88 Å². The average Bonchev–Trinajstić information content (AvgIpc) is 3.51. The number of rotatable bonds is 6. The molecule has 210 valence electrons. The Balaban J connectivity index is 1.55. The Labute approximate surface area is 254 Å². The predicted molar refractivity (Wildman–Crippen MR) is 165 cm³/mol. The molecule has 1 fully saturated rings. The van der Waals surface area contributed by atoms with Gasteiger partial charge in [0, 0.05) is 35.8 Å². The first-order chi connectivity index (χ1) is 19.9. The Morgan fingerprint density at radius 1 is 1.15 bits per heavy atom. The van der Waals surface area contributed by atoms with Gasteiger partial charge in [-0.3, -0.25) is 9.36 Å². The van der Waals surface area contributed by atoms with Gasteiger partial charge in [-0.15, -0.1) is 0 Å². The van der Waals surface area contributed by atoms with E-state index in [9.17, 15) is 9.59 Å². The molecule has 0 spiro atoms. The molecule has 0 bridgehead atoms. The van der Waals surface area contributed by atoms with Crippen LogP contribution in [0.15, 0.2) is 84.9 Å². The van der Waals surface area contributed by atoms with Crippen molar-refractivity contribution >= 4 is 62.5 Å². The van der Waals surface area contributed by atoms with Crippen LogP contribution in [0.1, 0.15) is 49.1 Å². The quantitative estimate of drug-likeness (QED) is 0.241. The van der Waals surface area contributed by atoms with E-state index < -0.39 is 12.0 Å². The third kappa shape index (κ3) is 5.46. The van der Waals surface area contributed by atoms with Gasteiger partial charge in [-0.2, -0.15) is 0 Å². The molecule has 4 heterocycles. The highest BCUT2D eigenvalue weighted by Gasteiger charge is 2.35. The average molecular weight is 653 g/mol. The predicted octanol–water partition coefficient (Wildman–Crippen LogP) is 5.93. The molecule has 2 aliphatic heterocycles. The van der Waals surface area contributed by atoms with Crippen molar-refractivity contribution in [2.45, 2.75) is 32.2 Å². The molecule has 4 aromatic rings. The number of carbonyl (C=O) groups excluding carboxylic acids is 1. The van der Waals surface area contributed by atoms with Gasteiger partial charge in [-0.25, -0.2) is 9.79 Å². The van der Waals surface area contributed by atoms with Crippen molar-refractivity contribution in [1.82, 2.24) is 4.57 Å². The molecule has 1 atom stereocenters. The van der Waals surface area contributed by atoms with Gasteiger partial charge in [-0.05, 0) is 59.8 Å². The Hall–Kier alpha value is -3.40. The molecule has 2 aliphatic rings. The molecule has 7 nitrogen and oxygen atoms in total. The van der Waals surface area contributed by atoms with Crippen molar-refractivity contribution in [3.63, 3.8) is 0 Å². The van der Waals surface area contributed by atoms with E-state index in [0.717, 1.165) is 47.4 Å². The van der Waals surface area contributed by atoms with Crippen LogP contribution in [0.5, 0.6) is 0 Å². The number of thiazole rings is 1. The summed E-state index contributed by atoms with van der Waals surface area (Å²) < 4.78 is 14.6. The second-order valence-corrected chi connectivity index (χ2v) is 12.1. The van der Waals surface area contributed by atoms with E-state index in [2.05, 4.69) is 20.8 Å². The summed E-state index contributed by atoms with van der Waals surface area (Å²) in [6.45, 7) is 3.82. The molecule has 0 N–H and O–H groups in total. The fraction of sp³-hybridized carbons (Fsp3) is 0.258. The van der Waals surface area contributed by atoms with Crippen molar-refractivity contribution < 1.29 is 13.9 Å². The van der Waals surface area contributed by atoms with Crippen LogP contribution in [-0.2, 0) is 9.53 Å². The van der Waals surface area contributed by atoms with E-state index in [4.69, 9.17) is 25.7 Å². The summed E-state index contributed by atoms with van der Waals surface area (Å²) in [6.07, 6.45) is 5.21. The molecule has 6 rings (SSSR count). The van der Waals surface area contributed by atoms with Gasteiger partial charge in [-0.1, -0.05) is 65.4 Å². The molecule has 0 aliphatic carbocycles. The number of hydrogen-bond donors (Lipinski definition) is 0. The summed E-state index contributed by atoms with van der Waals surface area (Å²) >= 11 is 11.1. The molecular formula is C31H27BrClN3O4S. The number of piperidine rings is 1. The standard InChI is InChI=1S/C31H27BrClN3O4S/c1-2-39-30(38)25-26(19-9-5-3-6-10-19)34-31-36(27(25)20-11-13-21(33)14-12-20)28(37)24(41-31)18-22-17-23(32)29(40-22)35-15-7-4-8-16-35/h3,5-6,9-14,17-18,27H,2,4,7-8,15-16H2,1H3/b24-18+/t27-/m1/s1. The maximum atomic E-state index is 14.0. The molecule has 1 saturated heterocycles. The van der Waals surface area contributed by atoms with Crippen LogP contribution < -0.4 is 19.8 Å². The largest absolute Gasteiger partial charge is 0.463 e. The maximum Gasteiger partial charge on any atom is 0.338 e. The zero-order chi connectivity index (χ0) is 28.5. The number of esters is 1. The SMILES string of the molecule is CCOC(=O)C1=C(c2ccccc2)N=c2s/c(=C/c3cc(Br)c(N4CCCCC4)o3)c(=O)n2[C@@H]1c1ccc(Cl)cc1. The minimum absolute atomic E-state index is 0.189. The number of aromatic nitrogens is 1. The second-order valence-electron chi connectivity index (χ2n) is 9.83. The lowest BCUT2D eigenvalue weighted by atomic mass is 9.93. The number of halogens is 2. The van der Waals surface area contributed by atoms with Crippen molar-refractivity contribution in [1.29, 1.82) is 0 Å². The minimum Gasteiger partial charge on any atom is -0.463 e. The number of benzene rings is 2. The summed E-state index contributed by atoms with van der Waals surface area (Å²) in [4.78, 5) is 35.2. The summed E-state index contributed by atoms with van der Waals surface area (Å²) in [5.41, 5.74) is 1.99. The van der Waals surface area contributed by atoms with E-state index in [0.29, 0.717) is 31.4 Å². The van der Waals surface area contributed by atoms with Gasteiger partial charge < -0.3 is 14.1 Å². The van der Waals surface area contributed by atoms with E-state index >= 15 is 0 Å². The molecule has 2 aromatic heterocycles. The number of nitrogens with zero attached hydrogens (tertiary/aromatic N) is 3. The molecular weight excluding hydrogens is 626 g/mol. The van der Waals surface area contributed by atoms with E-state index in [1.54, 1.807) is 29.7 Å². The van der Waals surface area contributed by atoms with Gasteiger partial charge in [0.05, 0.1) is 32.9 Å². The smallest absolute Gasteiger partial charge is 0.338 e. The normalized spacial score (nSPS) is 17.4. The molecule has 41 heavy (non-hydrogen) atoms. The van der Waals surface area contributed by atoms with E-state index in [-0.39, 0.29) is 12.2 Å².